The third-order valence-electron chi connectivity index (χ3n) is 4.54. The smallest absolute Gasteiger partial charge is 0.319 e. The van der Waals surface area contributed by atoms with Gasteiger partial charge in [-0.05, 0) is 13.8 Å². The van der Waals surface area contributed by atoms with E-state index in [9.17, 15) is 8.78 Å². The van der Waals surface area contributed by atoms with Crippen molar-refractivity contribution in [2.45, 2.75) is 26.1 Å². The van der Waals surface area contributed by atoms with Crippen LogP contribution in [0.4, 0.5) is 14.6 Å². The van der Waals surface area contributed by atoms with Crippen LogP contribution in [0.1, 0.15) is 12.6 Å². The maximum Gasteiger partial charge on any atom is 0.319 e. The van der Waals surface area contributed by atoms with Crippen molar-refractivity contribution in [3.63, 3.8) is 0 Å². The summed E-state index contributed by atoms with van der Waals surface area (Å²) in [6.45, 7) is 5.08. The molecule has 4 rings (SSSR count). The van der Waals surface area contributed by atoms with Gasteiger partial charge in [-0.25, -0.2) is 8.78 Å². The van der Waals surface area contributed by atoms with Crippen LogP contribution in [0.25, 0.3) is 10.9 Å². The Morgan fingerprint density at radius 2 is 2.25 bits per heavy atom. The van der Waals surface area contributed by atoms with Gasteiger partial charge >= 0.3 is 6.01 Å². The summed E-state index contributed by atoms with van der Waals surface area (Å²) in [7, 11) is 0. The maximum atomic E-state index is 14.5. The Morgan fingerprint density at radius 3 is 3.04 bits per heavy atom. The summed E-state index contributed by atoms with van der Waals surface area (Å²) in [5, 5.41) is 0.460. The molecule has 0 aromatic carbocycles. The van der Waals surface area contributed by atoms with E-state index in [2.05, 4.69) is 15.0 Å². The summed E-state index contributed by atoms with van der Waals surface area (Å²) in [6, 6.07) is -0.216. The second-order valence-electron chi connectivity index (χ2n) is 6.05. The third kappa shape index (κ3) is 2.36. The van der Waals surface area contributed by atoms with Gasteiger partial charge in [0, 0.05) is 18.7 Å². The summed E-state index contributed by atoms with van der Waals surface area (Å²) in [5.74, 6) is -0.223. The zero-order valence-electron chi connectivity index (χ0n) is 13.5. The van der Waals surface area contributed by atoms with Gasteiger partial charge in [-0.1, -0.05) is 0 Å². The second kappa shape index (κ2) is 5.77. The first-order chi connectivity index (χ1) is 11.6. The number of rotatable bonds is 3. The van der Waals surface area contributed by atoms with Crippen molar-refractivity contribution in [2.75, 3.05) is 31.3 Å². The molecule has 2 aromatic rings. The fourth-order valence-electron chi connectivity index (χ4n) is 3.21. The van der Waals surface area contributed by atoms with Gasteiger partial charge in [0.2, 0.25) is 0 Å². The number of ether oxygens (including phenoxy) is 2. The Balaban J connectivity index is 1.88. The Hall–Kier alpha value is -2.09. The van der Waals surface area contributed by atoms with E-state index in [1.54, 1.807) is 13.8 Å². The number of aryl methyl sites for hydroxylation is 1. The van der Waals surface area contributed by atoms with Crippen LogP contribution in [0.5, 0.6) is 6.01 Å². The van der Waals surface area contributed by atoms with E-state index in [-0.39, 0.29) is 29.2 Å². The highest BCUT2D eigenvalue weighted by atomic mass is 19.1. The summed E-state index contributed by atoms with van der Waals surface area (Å²) < 4.78 is 39.5. The van der Waals surface area contributed by atoms with E-state index in [1.807, 2.05) is 4.90 Å². The van der Waals surface area contributed by atoms with E-state index in [0.717, 1.165) is 0 Å². The molecule has 0 amide bonds. The van der Waals surface area contributed by atoms with Crippen molar-refractivity contribution >= 4 is 16.7 Å². The SMILES string of the molecule is CCOc1nc(N2CCOC[C@H]3[C@H](F)[C@H]32)c2cnc(C)c(F)c2n1. The Morgan fingerprint density at radius 1 is 1.42 bits per heavy atom. The van der Waals surface area contributed by atoms with Crippen molar-refractivity contribution in [3.05, 3.63) is 17.7 Å². The predicted octanol–water partition coefficient (Wildman–Crippen LogP) is 2.04. The predicted molar refractivity (Wildman–Crippen MR) is 83.5 cm³/mol. The molecule has 1 saturated heterocycles. The second-order valence-corrected chi connectivity index (χ2v) is 6.05. The Kier molecular flexibility index (Phi) is 3.71. The van der Waals surface area contributed by atoms with Gasteiger partial charge in [0.25, 0.3) is 0 Å². The quantitative estimate of drug-likeness (QED) is 0.855. The van der Waals surface area contributed by atoms with E-state index < -0.39 is 12.0 Å². The molecule has 1 aliphatic carbocycles. The van der Waals surface area contributed by atoms with Crippen molar-refractivity contribution in [1.29, 1.82) is 0 Å². The molecule has 0 spiro atoms. The van der Waals surface area contributed by atoms with Gasteiger partial charge in [-0.3, -0.25) is 4.98 Å². The molecular formula is C16H18F2N4O2. The minimum absolute atomic E-state index is 0.0854. The topological polar surface area (TPSA) is 60.4 Å². The molecule has 2 fully saturated rings. The molecule has 8 heteroatoms. The average molecular weight is 336 g/mol. The molecule has 0 radical (unpaired) electrons. The van der Waals surface area contributed by atoms with E-state index in [4.69, 9.17) is 9.47 Å². The summed E-state index contributed by atoms with van der Waals surface area (Å²) in [5.41, 5.74) is 0.398. The zero-order valence-corrected chi connectivity index (χ0v) is 13.5. The molecule has 1 aliphatic heterocycles. The number of halogens is 2. The molecule has 24 heavy (non-hydrogen) atoms. The molecule has 6 nitrogen and oxygen atoms in total. The highest BCUT2D eigenvalue weighted by molar-refractivity contribution is 5.90. The largest absolute Gasteiger partial charge is 0.464 e. The van der Waals surface area contributed by atoms with Crippen LogP contribution in [0.15, 0.2) is 6.20 Å². The lowest BCUT2D eigenvalue weighted by atomic mass is 10.2. The first kappa shape index (κ1) is 15.4. The minimum atomic E-state index is -0.964. The number of pyridine rings is 1. The first-order valence-corrected chi connectivity index (χ1v) is 8.06. The van der Waals surface area contributed by atoms with Crippen LogP contribution in [0.3, 0.4) is 0 Å². The van der Waals surface area contributed by atoms with Gasteiger partial charge < -0.3 is 14.4 Å². The van der Waals surface area contributed by atoms with Gasteiger partial charge in [0.15, 0.2) is 5.82 Å². The van der Waals surface area contributed by atoms with Gasteiger partial charge in [-0.2, -0.15) is 9.97 Å². The van der Waals surface area contributed by atoms with Crippen LogP contribution in [0, 0.1) is 18.7 Å². The first-order valence-electron chi connectivity index (χ1n) is 8.06. The fourth-order valence-corrected chi connectivity index (χ4v) is 3.21. The van der Waals surface area contributed by atoms with E-state index >= 15 is 0 Å². The molecule has 2 aliphatic rings. The number of anilines is 1. The van der Waals surface area contributed by atoms with Crippen LogP contribution < -0.4 is 9.64 Å². The van der Waals surface area contributed by atoms with Crippen molar-refractivity contribution < 1.29 is 18.3 Å². The number of aromatic nitrogens is 3. The summed E-state index contributed by atoms with van der Waals surface area (Å²) >= 11 is 0. The molecule has 3 atom stereocenters. The number of nitrogens with zero attached hydrogens (tertiary/aromatic N) is 4. The zero-order chi connectivity index (χ0) is 16.8. The maximum absolute atomic E-state index is 14.5. The molecule has 2 aromatic heterocycles. The highest BCUT2D eigenvalue weighted by Crippen LogP contribution is 2.44. The van der Waals surface area contributed by atoms with Gasteiger partial charge in [0.05, 0.1) is 36.9 Å². The van der Waals surface area contributed by atoms with Crippen molar-refractivity contribution in [1.82, 2.24) is 15.0 Å². The molecule has 0 unspecified atom stereocenters. The minimum Gasteiger partial charge on any atom is -0.464 e. The number of fused-ring (bicyclic) bond motifs is 2. The summed E-state index contributed by atoms with van der Waals surface area (Å²) in [4.78, 5) is 14.5. The Labute approximate surface area is 137 Å². The van der Waals surface area contributed by atoms with Crippen molar-refractivity contribution in [2.24, 2.45) is 5.92 Å². The monoisotopic (exact) mass is 336 g/mol. The van der Waals surface area contributed by atoms with Crippen LogP contribution in [0.2, 0.25) is 0 Å². The third-order valence-corrected chi connectivity index (χ3v) is 4.54. The summed E-state index contributed by atoms with van der Waals surface area (Å²) in [6.07, 6.45) is 0.573. The lowest BCUT2D eigenvalue weighted by molar-refractivity contribution is 0.130. The van der Waals surface area contributed by atoms with Gasteiger partial charge in [0.1, 0.15) is 17.5 Å². The molecule has 1 saturated carbocycles. The fraction of sp³-hybridized carbons (Fsp3) is 0.562. The molecule has 3 heterocycles. The standard InChI is InChI=1S/C16H18F2N4O2/c1-3-24-16-20-13-9(6-19-8(2)11(13)17)15(21-16)22-4-5-23-7-10-12(18)14(10)22/h6,10,12,14H,3-5,7H2,1-2H3/t10-,12-,14-/m0/s1. The van der Waals surface area contributed by atoms with Crippen LogP contribution in [-0.2, 0) is 4.74 Å². The van der Waals surface area contributed by atoms with Crippen LogP contribution in [-0.4, -0.2) is 53.5 Å². The van der Waals surface area contributed by atoms with E-state index in [0.29, 0.717) is 37.6 Å². The van der Waals surface area contributed by atoms with Gasteiger partial charge in [-0.15, -0.1) is 0 Å². The number of hydrogen-bond donors (Lipinski definition) is 0. The molecular weight excluding hydrogens is 318 g/mol. The molecule has 0 N–H and O–H groups in total. The van der Waals surface area contributed by atoms with Crippen LogP contribution >= 0.6 is 0 Å². The van der Waals surface area contributed by atoms with E-state index in [1.165, 1.54) is 6.20 Å². The van der Waals surface area contributed by atoms with Crippen molar-refractivity contribution in [3.8, 4) is 6.01 Å². The Bertz CT molecular complexity index is 788. The molecule has 0 bridgehead atoms. The normalized spacial score (nSPS) is 26.2. The highest BCUT2D eigenvalue weighted by Gasteiger charge is 2.56. The number of hydrogen-bond acceptors (Lipinski definition) is 6. The average Bonchev–Trinajstić information content (AvgIpc) is 3.26. The lowest BCUT2D eigenvalue weighted by Gasteiger charge is -2.24. The number of alkyl halides is 1. The lowest BCUT2D eigenvalue weighted by Crippen LogP contribution is -2.31. The molecule has 128 valence electrons.